The molecule has 2 aromatic carbocycles. The van der Waals surface area contributed by atoms with E-state index in [0.717, 1.165) is 21.7 Å². The van der Waals surface area contributed by atoms with Gasteiger partial charge in [-0.2, -0.15) is 0 Å². The number of rotatable bonds is 4. The highest BCUT2D eigenvalue weighted by molar-refractivity contribution is 7.98. The van der Waals surface area contributed by atoms with E-state index in [9.17, 15) is 4.79 Å². The number of benzene rings is 2. The summed E-state index contributed by atoms with van der Waals surface area (Å²) in [5, 5.41) is 0.542. The molecule has 2 rings (SSSR count). The molecule has 0 saturated carbocycles. The number of carbonyl (C=O) groups is 1. The molecule has 0 bridgehead atoms. The zero-order valence-corrected chi connectivity index (χ0v) is 12.6. The number of hydrogen-bond donors (Lipinski definition) is 2. The number of amides is 1. The summed E-state index contributed by atoms with van der Waals surface area (Å²) < 4.78 is 0. The molecule has 5 heteroatoms. The largest absolute Gasteiger partial charge is 0.398 e. The van der Waals surface area contributed by atoms with E-state index in [2.05, 4.69) is 0 Å². The van der Waals surface area contributed by atoms with Crippen LogP contribution in [0.5, 0.6) is 0 Å². The van der Waals surface area contributed by atoms with Crippen LogP contribution in [0.4, 0.5) is 5.69 Å². The second-order valence-electron chi connectivity index (χ2n) is 4.50. The highest BCUT2D eigenvalue weighted by Crippen LogP contribution is 2.31. The number of nitrogens with two attached hydrogens (primary N) is 2. The van der Waals surface area contributed by atoms with Crippen molar-refractivity contribution in [3.05, 3.63) is 58.1 Å². The summed E-state index contributed by atoms with van der Waals surface area (Å²) in [6.07, 6.45) is 0. The summed E-state index contributed by atoms with van der Waals surface area (Å²) in [6.45, 7) is 2.03. The number of thioether (sulfide) groups is 1. The fourth-order valence-electron chi connectivity index (χ4n) is 1.74. The first-order chi connectivity index (χ1) is 9.47. The second kappa shape index (κ2) is 6.20. The molecule has 0 radical (unpaired) electrons. The lowest BCUT2D eigenvalue weighted by molar-refractivity contribution is 0.100. The third-order valence-electron chi connectivity index (χ3n) is 2.89. The molecule has 0 spiro atoms. The molecule has 0 aromatic heterocycles. The number of halogens is 1. The van der Waals surface area contributed by atoms with Gasteiger partial charge in [-0.15, -0.1) is 11.8 Å². The van der Waals surface area contributed by atoms with E-state index in [1.807, 2.05) is 31.2 Å². The maximum atomic E-state index is 11.1. The number of anilines is 1. The standard InChI is InChI=1S/C15H15ClN2OS/c1-9-2-5-13(17)14(6-9)20-8-11-4-3-10(15(18)19)7-12(11)16/h2-7H,8,17H2,1H3,(H2,18,19). The van der Waals surface area contributed by atoms with Crippen molar-refractivity contribution in [2.45, 2.75) is 17.6 Å². The number of aryl methyl sites for hydroxylation is 1. The van der Waals surface area contributed by atoms with Gasteiger partial charge in [0.1, 0.15) is 0 Å². The lowest BCUT2D eigenvalue weighted by atomic mass is 10.1. The molecule has 0 unspecified atom stereocenters. The Bertz CT molecular complexity index is 658. The minimum atomic E-state index is -0.478. The average molecular weight is 307 g/mol. The van der Waals surface area contributed by atoms with Gasteiger partial charge in [-0.1, -0.05) is 23.7 Å². The lowest BCUT2D eigenvalue weighted by Gasteiger charge is -2.08. The van der Waals surface area contributed by atoms with Crippen molar-refractivity contribution in [2.75, 3.05) is 5.73 Å². The van der Waals surface area contributed by atoms with Crippen molar-refractivity contribution in [3.63, 3.8) is 0 Å². The van der Waals surface area contributed by atoms with E-state index >= 15 is 0 Å². The summed E-state index contributed by atoms with van der Waals surface area (Å²) in [4.78, 5) is 12.1. The van der Waals surface area contributed by atoms with E-state index in [1.165, 1.54) is 0 Å². The molecule has 0 heterocycles. The average Bonchev–Trinajstić information content (AvgIpc) is 2.40. The van der Waals surface area contributed by atoms with Crippen molar-refractivity contribution in [1.82, 2.24) is 0 Å². The van der Waals surface area contributed by atoms with Crippen LogP contribution in [0.25, 0.3) is 0 Å². The summed E-state index contributed by atoms with van der Waals surface area (Å²) in [7, 11) is 0. The molecular weight excluding hydrogens is 292 g/mol. The van der Waals surface area contributed by atoms with Gasteiger partial charge in [0.2, 0.25) is 5.91 Å². The smallest absolute Gasteiger partial charge is 0.248 e. The van der Waals surface area contributed by atoms with Gasteiger partial charge in [0.15, 0.2) is 0 Å². The number of carbonyl (C=O) groups excluding carboxylic acids is 1. The Morgan fingerprint density at radius 3 is 2.65 bits per heavy atom. The van der Waals surface area contributed by atoms with Crippen LogP contribution in [0.2, 0.25) is 5.02 Å². The van der Waals surface area contributed by atoms with Crippen LogP contribution in [-0.2, 0) is 5.75 Å². The molecule has 0 atom stereocenters. The van der Waals surface area contributed by atoms with Gasteiger partial charge in [-0.05, 0) is 42.3 Å². The summed E-state index contributed by atoms with van der Waals surface area (Å²) >= 11 is 7.78. The molecule has 0 aliphatic carbocycles. The first kappa shape index (κ1) is 14.8. The molecule has 20 heavy (non-hydrogen) atoms. The van der Waals surface area contributed by atoms with Crippen LogP contribution in [0.3, 0.4) is 0 Å². The summed E-state index contributed by atoms with van der Waals surface area (Å²) in [5.74, 6) is 0.208. The van der Waals surface area contributed by atoms with Gasteiger partial charge in [-0.3, -0.25) is 4.79 Å². The van der Waals surface area contributed by atoms with Crippen LogP contribution in [0, 0.1) is 6.92 Å². The fourth-order valence-corrected chi connectivity index (χ4v) is 3.13. The van der Waals surface area contributed by atoms with E-state index in [-0.39, 0.29) is 0 Å². The van der Waals surface area contributed by atoms with Crippen LogP contribution < -0.4 is 11.5 Å². The third-order valence-corrected chi connectivity index (χ3v) is 4.36. The predicted octanol–water partition coefficient (Wildman–Crippen LogP) is 3.62. The summed E-state index contributed by atoms with van der Waals surface area (Å²) in [6, 6.07) is 11.0. The van der Waals surface area contributed by atoms with Gasteiger partial charge < -0.3 is 11.5 Å². The van der Waals surface area contributed by atoms with E-state index in [1.54, 1.807) is 23.9 Å². The SMILES string of the molecule is Cc1ccc(N)c(SCc2ccc(C(N)=O)cc2Cl)c1. The molecule has 0 saturated heterocycles. The zero-order valence-electron chi connectivity index (χ0n) is 11.0. The van der Waals surface area contributed by atoms with E-state index < -0.39 is 5.91 Å². The van der Waals surface area contributed by atoms with Crippen molar-refractivity contribution >= 4 is 35.0 Å². The maximum Gasteiger partial charge on any atom is 0.248 e. The van der Waals surface area contributed by atoms with Crippen LogP contribution in [0.1, 0.15) is 21.5 Å². The van der Waals surface area contributed by atoms with Crippen LogP contribution in [0.15, 0.2) is 41.3 Å². The minimum Gasteiger partial charge on any atom is -0.398 e. The lowest BCUT2D eigenvalue weighted by Crippen LogP contribution is -2.10. The van der Waals surface area contributed by atoms with Gasteiger partial charge in [0.05, 0.1) is 0 Å². The molecule has 1 amide bonds. The normalized spacial score (nSPS) is 10.5. The Morgan fingerprint density at radius 1 is 1.25 bits per heavy atom. The van der Waals surface area contributed by atoms with Crippen LogP contribution >= 0.6 is 23.4 Å². The Morgan fingerprint density at radius 2 is 2.00 bits per heavy atom. The maximum absolute atomic E-state index is 11.1. The Labute approximate surface area is 127 Å². The van der Waals surface area contributed by atoms with Crippen molar-refractivity contribution < 1.29 is 4.79 Å². The first-order valence-corrected chi connectivity index (χ1v) is 7.41. The fraction of sp³-hybridized carbons (Fsp3) is 0.133. The number of primary amides is 1. The van der Waals surface area contributed by atoms with Crippen molar-refractivity contribution in [1.29, 1.82) is 0 Å². The van der Waals surface area contributed by atoms with Crippen molar-refractivity contribution in [3.8, 4) is 0 Å². The molecule has 0 aliphatic rings. The second-order valence-corrected chi connectivity index (χ2v) is 5.92. The molecule has 104 valence electrons. The van der Waals surface area contributed by atoms with E-state index in [4.69, 9.17) is 23.1 Å². The number of nitrogen functional groups attached to an aromatic ring is 1. The van der Waals surface area contributed by atoms with Gasteiger partial charge in [-0.25, -0.2) is 0 Å². The van der Waals surface area contributed by atoms with E-state index in [0.29, 0.717) is 16.3 Å². The molecule has 4 N–H and O–H groups in total. The van der Waals surface area contributed by atoms with Gasteiger partial charge >= 0.3 is 0 Å². The topological polar surface area (TPSA) is 69.1 Å². The molecule has 0 fully saturated rings. The number of hydrogen-bond acceptors (Lipinski definition) is 3. The van der Waals surface area contributed by atoms with Crippen molar-refractivity contribution in [2.24, 2.45) is 5.73 Å². The highest BCUT2D eigenvalue weighted by Gasteiger charge is 2.07. The Hall–Kier alpha value is -1.65. The first-order valence-electron chi connectivity index (χ1n) is 6.04. The summed E-state index contributed by atoms with van der Waals surface area (Å²) in [5.41, 5.74) is 14.4. The third kappa shape index (κ3) is 3.46. The zero-order chi connectivity index (χ0) is 14.7. The highest BCUT2D eigenvalue weighted by atomic mass is 35.5. The quantitative estimate of drug-likeness (QED) is 0.669. The van der Waals surface area contributed by atoms with Gasteiger partial charge in [0, 0.05) is 26.9 Å². The Kier molecular flexibility index (Phi) is 4.57. The molecule has 2 aromatic rings. The minimum absolute atomic E-state index is 0.416. The Balaban J connectivity index is 2.15. The molecular formula is C15H15ClN2OS. The van der Waals surface area contributed by atoms with Gasteiger partial charge in [0.25, 0.3) is 0 Å². The molecule has 3 nitrogen and oxygen atoms in total. The predicted molar refractivity (Wildman–Crippen MR) is 85.1 cm³/mol. The van der Waals surface area contributed by atoms with Crippen LogP contribution in [-0.4, -0.2) is 5.91 Å². The monoisotopic (exact) mass is 306 g/mol. The molecule has 0 aliphatic heterocycles.